The first-order valence-electron chi connectivity index (χ1n) is 5.54. The van der Waals surface area contributed by atoms with Crippen molar-refractivity contribution in [3.8, 4) is 0 Å². The van der Waals surface area contributed by atoms with E-state index >= 15 is 0 Å². The fraction of sp³-hybridized carbons (Fsp3) is 0.500. The lowest BCUT2D eigenvalue weighted by atomic mass is 10.2. The fourth-order valence-electron chi connectivity index (χ4n) is 2.12. The van der Waals surface area contributed by atoms with Gasteiger partial charge >= 0.3 is 0 Å². The molecular formula is C12H16BrClN2. The second kappa shape index (κ2) is 4.94. The molecule has 88 valence electrons. The van der Waals surface area contributed by atoms with Gasteiger partial charge in [-0.1, -0.05) is 11.6 Å². The Bertz CT molecular complexity index is 395. The summed E-state index contributed by atoms with van der Waals surface area (Å²) in [5, 5.41) is 4.30. The van der Waals surface area contributed by atoms with Crippen LogP contribution in [-0.4, -0.2) is 12.1 Å². The zero-order valence-corrected chi connectivity index (χ0v) is 11.6. The highest BCUT2D eigenvalue weighted by Crippen LogP contribution is 2.31. The number of anilines is 1. The Kier molecular flexibility index (Phi) is 3.77. The zero-order valence-electron chi connectivity index (χ0n) is 9.26. The zero-order chi connectivity index (χ0) is 11.7. The molecule has 1 aliphatic carbocycles. The smallest absolute Gasteiger partial charge is 0.0501 e. The van der Waals surface area contributed by atoms with E-state index in [0.717, 1.165) is 40.0 Å². The molecule has 0 spiro atoms. The van der Waals surface area contributed by atoms with Gasteiger partial charge in [-0.05, 0) is 59.8 Å². The van der Waals surface area contributed by atoms with Gasteiger partial charge in [0, 0.05) is 21.6 Å². The lowest BCUT2D eigenvalue weighted by Gasteiger charge is -2.16. The Morgan fingerprint density at radius 1 is 1.44 bits per heavy atom. The number of hydrogen-bond donors (Lipinski definition) is 2. The summed E-state index contributed by atoms with van der Waals surface area (Å²) in [6.07, 6.45) is 3.28. The largest absolute Gasteiger partial charge is 0.381 e. The van der Waals surface area contributed by atoms with E-state index in [9.17, 15) is 0 Å². The second-order valence-corrected chi connectivity index (χ2v) is 5.76. The Morgan fingerprint density at radius 2 is 2.19 bits per heavy atom. The van der Waals surface area contributed by atoms with Gasteiger partial charge in [0.1, 0.15) is 0 Å². The molecule has 3 N–H and O–H groups in total. The molecule has 0 bridgehead atoms. The number of nitrogens with one attached hydrogen (secondary N) is 1. The van der Waals surface area contributed by atoms with E-state index in [1.807, 2.05) is 19.1 Å². The summed E-state index contributed by atoms with van der Waals surface area (Å²) in [5.74, 6) is 0. The molecule has 2 nitrogen and oxygen atoms in total. The lowest BCUT2D eigenvalue weighted by molar-refractivity contribution is 0.687. The number of halogens is 2. The molecule has 2 atom stereocenters. The van der Waals surface area contributed by atoms with E-state index in [2.05, 4.69) is 21.2 Å². The van der Waals surface area contributed by atoms with Crippen molar-refractivity contribution in [1.29, 1.82) is 0 Å². The standard InChI is InChI=1S/C12H16BrClN2/c1-7-4-10(13)12(6-11(7)14)16-9-3-2-8(15)5-9/h4,6,8-9,16H,2-3,5,15H2,1H3. The van der Waals surface area contributed by atoms with Crippen LogP contribution in [0.1, 0.15) is 24.8 Å². The van der Waals surface area contributed by atoms with Crippen molar-refractivity contribution < 1.29 is 0 Å². The van der Waals surface area contributed by atoms with Crippen LogP contribution in [-0.2, 0) is 0 Å². The normalized spacial score (nSPS) is 24.8. The maximum Gasteiger partial charge on any atom is 0.0501 e. The number of hydrogen-bond acceptors (Lipinski definition) is 2. The molecule has 0 amide bonds. The van der Waals surface area contributed by atoms with Crippen LogP contribution in [0.2, 0.25) is 5.02 Å². The Morgan fingerprint density at radius 3 is 2.81 bits per heavy atom. The van der Waals surface area contributed by atoms with Crippen LogP contribution in [0.25, 0.3) is 0 Å². The van der Waals surface area contributed by atoms with Crippen molar-refractivity contribution in [3.05, 3.63) is 27.2 Å². The van der Waals surface area contributed by atoms with Crippen LogP contribution in [0, 0.1) is 6.92 Å². The summed E-state index contributed by atoms with van der Waals surface area (Å²) in [5.41, 5.74) is 8.04. The average molecular weight is 304 g/mol. The summed E-state index contributed by atoms with van der Waals surface area (Å²) >= 11 is 9.67. The number of rotatable bonds is 2. The van der Waals surface area contributed by atoms with Gasteiger partial charge in [0.05, 0.1) is 5.69 Å². The first kappa shape index (κ1) is 12.2. The highest BCUT2D eigenvalue weighted by atomic mass is 79.9. The molecule has 1 aromatic carbocycles. The molecule has 0 aromatic heterocycles. The topological polar surface area (TPSA) is 38.0 Å². The quantitative estimate of drug-likeness (QED) is 0.874. The van der Waals surface area contributed by atoms with Gasteiger partial charge in [-0.15, -0.1) is 0 Å². The molecule has 0 radical (unpaired) electrons. The first-order chi connectivity index (χ1) is 7.56. The maximum atomic E-state index is 6.11. The molecular weight excluding hydrogens is 288 g/mol. The van der Waals surface area contributed by atoms with E-state index < -0.39 is 0 Å². The Hall–Kier alpha value is -0.250. The summed E-state index contributed by atoms with van der Waals surface area (Å²) in [7, 11) is 0. The number of benzene rings is 1. The third-order valence-electron chi connectivity index (χ3n) is 3.08. The van der Waals surface area contributed by atoms with Gasteiger partial charge in [-0.25, -0.2) is 0 Å². The van der Waals surface area contributed by atoms with E-state index in [4.69, 9.17) is 17.3 Å². The molecule has 1 aromatic rings. The fourth-order valence-corrected chi connectivity index (χ4v) is 2.86. The second-order valence-electron chi connectivity index (χ2n) is 4.50. The molecule has 4 heteroatoms. The predicted octanol–water partition coefficient (Wildman–Crippen LogP) is 3.70. The molecule has 0 aliphatic heterocycles. The predicted molar refractivity (Wildman–Crippen MR) is 73.1 cm³/mol. The summed E-state index contributed by atoms with van der Waals surface area (Å²) in [4.78, 5) is 0. The van der Waals surface area contributed by atoms with Crippen LogP contribution < -0.4 is 11.1 Å². The molecule has 2 rings (SSSR count). The van der Waals surface area contributed by atoms with Crippen LogP contribution in [0.4, 0.5) is 5.69 Å². The van der Waals surface area contributed by atoms with E-state index in [1.54, 1.807) is 0 Å². The third-order valence-corrected chi connectivity index (χ3v) is 4.14. The maximum absolute atomic E-state index is 6.11. The van der Waals surface area contributed by atoms with Crippen LogP contribution in [0.3, 0.4) is 0 Å². The number of aryl methyl sites for hydroxylation is 1. The average Bonchev–Trinajstić information content (AvgIpc) is 2.60. The van der Waals surface area contributed by atoms with E-state index in [-0.39, 0.29) is 0 Å². The third kappa shape index (κ3) is 2.70. The monoisotopic (exact) mass is 302 g/mol. The van der Waals surface area contributed by atoms with Gasteiger partial charge < -0.3 is 11.1 Å². The molecule has 0 heterocycles. The summed E-state index contributed by atoms with van der Waals surface area (Å²) in [6.45, 7) is 2.00. The molecule has 0 saturated heterocycles. The molecule has 16 heavy (non-hydrogen) atoms. The van der Waals surface area contributed by atoms with E-state index in [1.165, 1.54) is 0 Å². The highest BCUT2D eigenvalue weighted by Gasteiger charge is 2.22. The molecule has 1 saturated carbocycles. The molecule has 1 aliphatic rings. The van der Waals surface area contributed by atoms with Crippen molar-refractivity contribution in [1.82, 2.24) is 0 Å². The van der Waals surface area contributed by atoms with Crippen LogP contribution in [0.15, 0.2) is 16.6 Å². The van der Waals surface area contributed by atoms with Gasteiger partial charge in [-0.3, -0.25) is 0 Å². The SMILES string of the molecule is Cc1cc(Br)c(NC2CCC(N)C2)cc1Cl. The minimum Gasteiger partial charge on any atom is -0.381 e. The minimum absolute atomic E-state index is 0.345. The lowest BCUT2D eigenvalue weighted by Crippen LogP contribution is -2.20. The summed E-state index contributed by atoms with van der Waals surface area (Å²) in [6, 6.07) is 4.84. The summed E-state index contributed by atoms with van der Waals surface area (Å²) < 4.78 is 1.06. The minimum atomic E-state index is 0.345. The van der Waals surface area contributed by atoms with Gasteiger partial charge in [0.15, 0.2) is 0 Å². The van der Waals surface area contributed by atoms with Crippen molar-refractivity contribution in [2.75, 3.05) is 5.32 Å². The Labute approximate surface area is 110 Å². The Balaban J connectivity index is 2.12. The highest BCUT2D eigenvalue weighted by molar-refractivity contribution is 9.10. The van der Waals surface area contributed by atoms with Gasteiger partial charge in [0.2, 0.25) is 0 Å². The molecule has 2 unspecified atom stereocenters. The van der Waals surface area contributed by atoms with Crippen molar-refractivity contribution in [2.45, 2.75) is 38.3 Å². The van der Waals surface area contributed by atoms with Gasteiger partial charge in [-0.2, -0.15) is 0 Å². The molecule has 1 fully saturated rings. The van der Waals surface area contributed by atoms with Gasteiger partial charge in [0.25, 0.3) is 0 Å². The van der Waals surface area contributed by atoms with Crippen molar-refractivity contribution in [2.24, 2.45) is 5.73 Å². The first-order valence-corrected chi connectivity index (χ1v) is 6.71. The van der Waals surface area contributed by atoms with Crippen LogP contribution in [0.5, 0.6) is 0 Å². The van der Waals surface area contributed by atoms with E-state index in [0.29, 0.717) is 12.1 Å². The van der Waals surface area contributed by atoms with Crippen molar-refractivity contribution >= 4 is 33.2 Å². The number of nitrogens with two attached hydrogens (primary N) is 1. The van der Waals surface area contributed by atoms with Crippen LogP contribution >= 0.6 is 27.5 Å². The van der Waals surface area contributed by atoms with Crippen molar-refractivity contribution in [3.63, 3.8) is 0 Å².